The molecule has 0 aromatic heterocycles. The van der Waals surface area contributed by atoms with Gasteiger partial charge in [-0.15, -0.1) is 0 Å². The van der Waals surface area contributed by atoms with Gasteiger partial charge in [0.25, 0.3) is 0 Å². The molecule has 0 aromatic carbocycles. The molecule has 1 aliphatic heterocycles. The lowest BCUT2D eigenvalue weighted by atomic mass is 10.5. The summed E-state index contributed by atoms with van der Waals surface area (Å²) in [6.45, 7) is 1.09. The Bertz CT molecular complexity index is 201. The fourth-order valence-corrected chi connectivity index (χ4v) is 0.702. The van der Waals surface area contributed by atoms with Gasteiger partial charge in [-0.2, -0.15) is 0 Å². The molecule has 0 radical (unpaired) electrons. The van der Waals surface area contributed by atoms with Crippen LogP contribution in [-0.2, 0) is 9.47 Å². The molecule has 5 nitrogen and oxygen atoms in total. The van der Waals surface area contributed by atoms with Crippen LogP contribution in [0.2, 0.25) is 0 Å². The van der Waals surface area contributed by atoms with Gasteiger partial charge in [-0.25, -0.2) is 0 Å². The molecule has 0 atom stereocenters. The molecule has 0 bridgehead atoms. The normalized spacial score (nSPS) is 15.4. The molecule has 1 aliphatic rings. The molecule has 68 valence electrons. The van der Waals surface area contributed by atoms with Gasteiger partial charge in [-0.3, -0.25) is 10.9 Å². The maximum Gasteiger partial charge on any atom is 0.205 e. The lowest BCUT2D eigenvalue weighted by Gasteiger charge is -2.16. The highest BCUT2D eigenvalue weighted by atomic mass is 16.5. The Balaban J connectivity index is 2.24. The van der Waals surface area contributed by atoms with Gasteiger partial charge in [0.1, 0.15) is 12.4 Å². The molecule has 1 rings (SSSR count). The van der Waals surface area contributed by atoms with Crippen molar-refractivity contribution in [3.8, 4) is 0 Å². The number of allylic oxidation sites excluding steroid dienone is 2. The lowest BCUT2D eigenvalue weighted by Crippen LogP contribution is -2.37. The van der Waals surface area contributed by atoms with Crippen molar-refractivity contribution < 1.29 is 9.47 Å². The quantitative estimate of drug-likeness (QED) is 0.493. The first-order chi connectivity index (χ1) is 5.83. The molecule has 12 heavy (non-hydrogen) atoms. The van der Waals surface area contributed by atoms with Crippen molar-refractivity contribution in [2.75, 3.05) is 20.3 Å². The van der Waals surface area contributed by atoms with E-state index in [0.717, 1.165) is 0 Å². The Morgan fingerprint density at radius 1 is 1.33 bits per heavy atom. The lowest BCUT2D eigenvalue weighted by molar-refractivity contribution is 0.0985. The molecule has 0 amide bonds. The highest BCUT2D eigenvalue weighted by Gasteiger charge is 2.00. The summed E-state index contributed by atoms with van der Waals surface area (Å²) in [6, 6.07) is 0. The van der Waals surface area contributed by atoms with Crippen molar-refractivity contribution in [3.05, 3.63) is 23.9 Å². The zero-order valence-corrected chi connectivity index (χ0v) is 6.96. The topological polar surface area (TPSA) is 68.5 Å². The monoisotopic (exact) mass is 171 g/mol. The number of ether oxygens (including phenoxy) is 2. The van der Waals surface area contributed by atoms with Gasteiger partial charge in [0, 0.05) is 13.2 Å². The number of nitrogens with one attached hydrogen (secondary N) is 2. The minimum atomic E-state index is 0.519. The van der Waals surface area contributed by atoms with Crippen molar-refractivity contribution in [3.63, 3.8) is 0 Å². The fraction of sp³-hybridized carbons (Fsp3) is 0.429. The SMILES string of the molecule is COCCOC1=CC=C(N)NN1. The second kappa shape index (κ2) is 4.50. The van der Waals surface area contributed by atoms with Crippen molar-refractivity contribution in [1.29, 1.82) is 0 Å². The van der Waals surface area contributed by atoms with Crippen molar-refractivity contribution >= 4 is 0 Å². The van der Waals surface area contributed by atoms with Crippen LogP contribution in [0.1, 0.15) is 0 Å². The summed E-state index contributed by atoms with van der Waals surface area (Å²) in [7, 11) is 1.63. The highest BCUT2D eigenvalue weighted by molar-refractivity contribution is 5.14. The smallest absolute Gasteiger partial charge is 0.205 e. The van der Waals surface area contributed by atoms with E-state index in [1.165, 1.54) is 0 Å². The van der Waals surface area contributed by atoms with Crippen LogP contribution in [0.4, 0.5) is 0 Å². The average molecular weight is 171 g/mol. The van der Waals surface area contributed by atoms with Gasteiger partial charge >= 0.3 is 0 Å². The molecule has 0 saturated heterocycles. The zero-order chi connectivity index (χ0) is 8.81. The van der Waals surface area contributed by atoms with Crippen LogP contribution < -0.4 is 16.6 Å². The molecule has 0 aliphatic carbocycles. The molecule has 0 saturated carbocycles. The summed E-state index contributed by atoms with van der Waals surface area (Å²) in [4.78, 5) is 0. The van der Waals surface area contributed by atoms with E-state index >= 15 is 0 Å². The molecular weight excluding hydrogens is 158 g/mol. The number of hydrogen-bond acceptors (Lipinski definition) is 5. The van der Waals surface area contributed by atoms with Crippen LogP contribution in [0.3, 0.4) is 0 Å². The summed E-state index contributed by atoms with van der Waals surface area (Å²) in [5, 5.41) is 0. The molecular formula is C7H13N3O2. The maximum absolute atomic E-state index is 5.41. The molecule has 4 N–H and O–H groups in total. The zero-order valence-electron chi connectivity index (χ0n) is 6.96. The summed E-state index contributed by atoms with van der Waals surface area (Å²) in [5.74, 6) is 1.20. The first-order valence-corrected chi connectivity index (χ1v) is 3.64. The number of nitrogens with two attached hydrogens (primary N) is 1. The third kappa shape index (κ3) is 2.71. The van der Waals surface area contributed by atoms with E-state index < -0.39 is 0 Å². The van der Waals surface area contributed by atoms with E-state index in [1.54, 1.807) is 19.3 Å². The van der Waals surface area contributed by atoms with Gasteiger partial charge < -0.3 is 15.2 Å². The van der Waals surface area contributed by atoms with Crippen molar-refractivity contribution in [1.82, 2.24) is 10.9 Å². The Labute approximate surface area is 71.2 Å². The fourth-order valence-electron chi connectivity index (χ4n) is 0.702. The van der Waals surface area contributed by atoms with E-state index in [2.05, 4.69) is 10.9 Å². The van der Waals surface area contributed by atoms with Crippen LogP contribution in [0.25, 0.3) is 0 Å². The van der Waals surface area contributed by atoms with E-state index in [9.17, 15) is 0 Å². The maximum atomic E-state index is 5.41. The second-order valence-electron chi connectivity index (χ2n) is 2.24. The summed E-state index contributed by atoms with van der Waals surface area (Å²) >= 11 is 0. The molecule has 5 heteroatoms. The van der Waals surface area contributed by atoms with Crippen LogP contribution in [-0.4, -0.2) is 20.3 Å². The standard InChI is InChI=1S/C7H13N3O2/c1-11-4-5-12-7-3-2-6(8)9-10-7/h2-3,9-10H,4-5,8H2,1H3. The summed E-state index contributed by atoms with van der Waals surface area (Å²) < 4.78 is 10.0. The second-order valence-corrected chi connectivity index (χ2v) is 2.24. The Morgan fingerprint density at radius 3 is 2.75 bits per heavy atom. The van der Waals surface area contributed by atoms with E-state index in [-0.39, 0.29) is 0 Å². The number of hydrogen-bond donors (Lipinski definition) is 3. The van der Waals surface area contributed by atoms with Gasteiger partial charge in [0.2, 0.25) is 5.88 Å². The largest absolute Gasteiger partial charge is 0.476 e. The average Bonchev–Trinajstić information content (AvgIpc) is 2.09. The van der Waals surface area contributed by atoms with Crippen LogP contribution in [0.5, 0.6) is 0 Å². The van der Waals surface area contributed by atoms with Crippen molar-refractivity contribution in [2.45, 2.75) is 0 Å². The first kappa shape index (κ1) is 8.73. The predicted molar refractivity (Wildman–Crippen MR) is 44.5 cm³/mol. The van der Waals surface area contributed by atoms with E-state index in [1.807, 2.05) is 0 Å². The Kier molecular flexibility index (Phi) is 3.28. The number of rotatable bonds is 4. The van der Waals surface area contributed by atoms with E-state index in [4.69, 9.17) is 15.2 Å². The third-order valence-electron chi connectivity index (χ3n) is 1.29. The first-order valence-electron chi connectivity index (χ1n) is 3.64. The summed E-state index contributed by atoms with van der Waals surface area (Å²) in [5.41, 5.74) is 10.9. The predicted octanol–water partition coefficient (Wildman–Crippen LogP) is -0.601. The molecule has 0 fully saturated rings. The van der Waals surface area contributed by atoms with Gasteiger partial charge in [-0.1, -0.05) is 0 Å². The summed E-state index contributed by atoms with van der Waals surface area (Å²) in [6.07, 6.45) is 3.47. The number of methoxy groups -OCH3 is 1. The Hall–Kier alpha value is -1.36. The number of hydrazine groups is 1. The van der Waals surface area contributed by atoms with Gasteiger partial charge in [0.15, 0.2) is 0 Å². The van der Waals surface area contributed by atoms with Gasteiger partial charge in [0.05, 0.1) is 6.61 Å². The van der Waals surface area contributed by atoms with Gasteiger partial charge in [-0.05, 0) is 6.08 Å². The minimum absolute atomic E-state index is 0.519. The van der Waals surface area contributed by atoms with Crippen LogP contribution >= 0.6 is 0 Å². The van der Waals surface area contributed by atoms with Crippen LogP contribution in [0.15, 0.2) is 23.9 Å². The molecule has 0 aromatic rings. The van der Waals surface area contributed by atoms with Crippen molar-refractivity contribution in [2.24, 2.45) is 5.73 Å². The molecule has 0 unspecified atom stereocenters. The van der Waals surface area contributed by atoms with Crippen LogP contribution in [0, 0.1) is 0 Å². The van der Waals surface area contributed by atoms with E-state index in [0.29, 0.717) is 24.9 Å². The molecule has 0 spiro atoms. The minimum Gasteiger partial charge on any atom is -0.476 e. The Morgan fingerprint density at radius 2 is 2.17 bits per heavy atom. The highest BCUT2D eigenvalue weighted by Crippen LogP contribution is 1.97. The molecule has 1 heterocycles. The third-order valence-corrected chi connectivity index (χ3v) is 1.29.